The molecule has 2 amide bonds. The summed E-state index contributed by atoms with van der Waals surface area (Å²) in [6, 6.07) is 8.40. The largest absolute Gasteiger partial charge is 0.349 e. The Bertz CT molecular complexity index is 582. The molecule has 1 saturated heterocycles. The van der Waals surface area contributed by atoms with Crippen LogP contribution in [-0.2, 0) is 16.0 Å². The molecule has 2 aliphatic rings. The van der Waals surface area contributed by atoms with Crippen molar-refractivity contribution < 1.29 is 9.59 Å². The van der Waals surface area contributed by atoms with Gasteiger partial charge in [-0.15, -0.1) is 0 Å². The molecule has 4 nitrogen and oxygen atoms in total. The molecule has 1 aromatic carbocycles. The van der Waals surface area contributed by atoms with E-state index in [9.17, 15) is 9.59 Å². The molecule has 4 heteroatoms. The molecule has 0 aromatic heterocycles. The Labute approximate surface area is 131 Å². The molecule has 1 aliphatic heterocycles. The fourth-order valence-corrected chi connectivity index (χ4v) is 3.56. The first-order valence-corrected chi connectivity index (χ1v) is 8.20. The molecule has 3 rings (SSSR count). The normalized spacial score (nSPS) is 24.0. The van der Waals surface area contributed by atoms with Gasteiger partial charge in [-0.2, -0.15) is 0 Å². The maximum absolute atomic E-state index is 12.5. The number of carbonyl (C=O) groups excluding carboxylic acids is 2. The highest BCUT2D eigenvalue weighted by molar-refractivity contribution is 5.89. The van der Waals surface area contributed by atoms with Crippen LogP contribution in [0.15, 0.2) is 24.3 Å². The summed E-state index contributed by atoms with van der Waals surface area (Å²) in [5.74, 6) is 0.383. The quantitative estimate of drug-likeness (QED) is 0.927. The molecule has 1 heterocycles. The third kappa shape index (κ3) is 3.01. The van der Waals surface area contributed by atoms with Crippen LogP contribution in [0.5, 0.6) is 0 Å². The zero-order chi connectivity index (χ0) is 15.7. The summed E-state index contributed by atoms with van der Waals surface area (Å²) in [6.45, 7) is 5.50. The minimum atomic E-state index is -0.195. The number of amides is 2. The minimum Gasteiger partial charge on any atom is -0.349 e. The van der Waals surface area contributed by atoms with Gasteiger partial charge in [0.1, 0.15) is 0 Å². The van der Waals surface area contributed by atoms with Gasteiger partial charge < -0.3 is 10.2 Å². The van der Waals surface area contributed by atoms with E-state index in [1.54, 1.807) is 0 Å². The molecular weight excluding hydrogens is 276 g/mol. The van der Waals surface area contributed by atoms with Crippen molar-refractivity contribution in [1.29, 1.82) is 0 Å². The van der Waals surface area contributed by atoms with Crippen LogP contribution in [-0.4, -0.2) is 29.8 Å². The first-order chi connectivity index (χ1) is 10.5. The Kier molecular flexibility index (Phi) is 4.19. The Morgan fingerprint density at radius 2 is 2.14 bits per heavy atom. The number of rotatable bonds is 4. The van der Waals surface area contributed by atoms with Crippen LogP contribution >= 0.6 is 0 Å². The van der Waals surface area contributed by atoms with Crippen molar-refractivity contribution in [2.24, 2.45) is 11.8 Å². The van der Waals surface area contributed by atoms with E-state index >= 15 is 0 Å². The van der Waals surface area contributed by atoms with Crippen LogP contribution in [0.1, 0.15) is 43.9 Å². The van der Waals surface area contributed by atoms with Gasteiger partial charge in [-0.05, 0) is 29.9 Å². The van der Waals surface area contributed by atoms with E-state index < -0.39 is 0 Å². The molecule has 118 valence electrons. The maximum atomic E-state index is 12.5. The highest BCUT2D eigenvalue weighted by atomic mass is 16.2. The summed E-state index contributed by atoms with van der Waals surface area (Å²) in [4.78, 5) is 26.3. The van der Waals surface area contributed by atoms with E-state index in [2.05, 4.69) is 31.3 Å². The standard InChI is InChI=1S/C18H24N2O2/c1-12(2)10-20-11-14(9-17(20)21)18(22)19-16-8-7-13-5-3-4-6-15(13)16/h3-6,12,14,16H,7-11H2,1-2H3,(H,19,22)/t14-,16-/m1/s1. The molecule has 2 atom stereocenters. The fraction of sp³-hybridized carbons (Fsp3) is 0.556. The highest BCUT2D eigenvalue weighted by Gasteiger charge is 2.35. The number of likely N-dealkylation sites (tertiary alicyclic amines) is 1. The van der Waals surface area contributed by atoms with Crippen molar-refractivity contribution in [2.45, 2.75) is 39.2 Å². The van der Waals surface area contributed by atoms with Gasteiger partial charge in [0.05, 0.1) is 12.0 Å². The Balaban J connectivity index is 1.61. The van der Waals surface area contributed by atoms with Crippen molar-refractivity contribution in [3.63, 3.8) is 0 Å². The average molecular weight is 300 g/mol. The molecular formula is C18H24N2O2. The average Bonchev–Trinajstić information content (AvgIpc) is 3.04. The van der Waals surface area contributed by atoms with E-state index in [0.717, 1.165) is 19.4 Å². The second-order valence-corrected chi connectivity index (χ2v) is 6.89. The van der Waals surface area contributed by atoms with Crippen LogP contribution in [0.4, 0.5) is 0 Å². The summed E-state index contributed by atoms with van der Waals surface area (Å²) in [5.41, 5.74) is 2.57. The third-order valence-corrected chi connectivity index (χ3v) is 4.62. The predicted molar refractivity (Wildman–Crippen MR) is 85.2 cm³/mol. The van der Waals surface area contributed by atoms with Crippen LogP contribution in [0, 0.1) is 11.8 Å². The third-order valence-electron chi connectivity index (χ3n) is 4.62. The summed E-state index contributed by atoms with van der Waals surface area (Å²) in [7, 11) is 0. The van der Waals surface area contributed by atoms with Crippen molar-refractivity contribution in [2.75, 3.05) is 13.1 Å². The molecule has 1 N–H and O–H groups in total. The van der Waals surface area contributed by atoms with Crippen LogP contribution in [0.25, 0.3) is 0 Å². The van der Waals surface area contributed by atoms with E-state index in [-0.39, 0.29) is 23.8 Å². The van der Waals surface area contributed by atoms with Gasteiger partial charge in [0, 0.05) is 19.5 Å². The monoisotopic (exact) mass is 300 g/mol. The second kappa shape index (κ2) is 6.11. The number of fused-ring (bicyclic) bond motifs is 1. The highest BCUT2D eigenvalue weighted by Crippen LogP contribution is 2.31. The summed E-state index contributed by atoms with van der Waals surface area (Å²) >= 11 is 0. The van der Waals surface area contributed by atoms with Gasteiger partial charge in [-0.25, -0.2) is 0 Å². The smallest absolute Gasteiger partial charge is 0.225 e. The summed E-state index contributed by atoms with van der Waals surface area (Å²) in [6.07, 6.45) is 2.33. The Morgan fingerprint density at radius 3 is 2.91 bits per heavy atom. The first kappa shape index (κ1) is 15.1. The number of aryl methyl sites for hydroxylation is 1. The minimum absolute atomic E-state index is 0.0290. The molecule has 0 spiro atoms. The zero-order valence-electron chi connectivity index (χ0n) is 13.3. The fourth-order valence-electron chi connectivity index (χ4n) is 3.56. The van der Waals surface area contributed by atoms with Gasteiger partial charge in [0.2, 0.25) is 11.8 Å². The summed E-state index contributed by atoms with van der Waals surface area (Å²) < 4.78 is 0. The van der Waals surface area contributed by atoms with Crippen molar-refractivity contribution in [3.05, 3.63) is 35.4 Å². The van der Waals surface area contributed by atoms with E-state index in [1.807, 2.05) is 17.0 Å². The molecule has 0 radical (unpaired) electrons. The second-order valence-electron chi connectivity index (χ2n) is 6.89. The Hall–Kier alpha value is -1.84. The number of hydrogen-bond acceptors (Lipinski definition) is 2. The molecule has 22 heavy (non-hydrogen) atoms. The topological polar surface area (TPSA) is 49.4 Å². The van der Waals surface area contributed by atoms with Gasteiger partial charge in [0.15, 0.2) is 0 Å². The van der Waals surface area contributed by atoms with Crippen LogP contribution < -0.4 is 5.32 Å². The SMILES string of the molecule is CC(C)CN1C[C@H](C(=O)N[C@@H]2CCc3ccccc32)CC1=O. The zero-order valence-corrected chi connectivity index (χ0v) is 13.3. The van der Waals surface area contributed by atoms with Gasteiger partial charge in [-0.3, -0.25) is 9.59 Å². The van der Waals surface area contributed by atoms with Crippen molar-refractivity contribution in [3.8, 4) is 0 Å². The van der Waals surface area contributed by atoms with Crippen LogP contribution in [0.3, 0.4) is 0 Å². The molecule has 0 bridgehead atoms. The Morgan fingerprint density at radius 1 is 1.36 bits per heavy atom. The molecule has 1 fully saturated rings. The number of carbonyl (C=O) groups is 2. The van der Waals surface area contributed by atoms with E-state index in [4.69, 9.17) is 0 Å². The molecule has 1 aromatic rings. The molecule has 0 saturated carbocycles. The molecule has 1 aliphatic carbocycles. The predicted octanol–water partition coefficient (Wildman–Crippen LogP) is 2.29. The first-order valence-electron chi connectivity index (χ1n) is 8.20. The maximum Gasteiger partial charge on any atom is 0.225 e. The van der Waals surface area contributed by atoms with Crippen LogP contribution in [0.2, 0.25) is 0 Å². The lowest BCUT2D eigenvalue weighted by Gasteiger charge is -2.20. The number of nitrogens with zero attached hydrogens (tertiary/aromatic N) is 1. The van der Waals surface area contributed by atoms with E-state index in [1.165, 1.54) is 11.1 Å². The van der Waals surface area contributed by atoms with Gasteiger partial charge >= 0.3 is 0 Å². The van der Waals surface area contributed by atoms with Gasteiger partial charge in [-0.1, -0.05) is 38.1 Å². The lowest BCUT2D eigenvalue weighted by atomic mass is 10.1. The summed E-state index contributed by atoms with van der Waals surface area (Å²) in [5, 5.41) is 3.15. The van der Waals surface area contributed by atoms with Gasteiger partial charge in [0.25, 0.3) is 0 Å². The molecule has 0 unspecified atom stereocenters. The van der Waals surface area contributed by atoms with Crippen molar-refractivity contribution >= 4 is 11.8 Å². The van der Waals surface area contributed by atoms with E-state index in [0.29, 0.717) is 18.9 Å². The number of hydrogen-bond donors (Lipinski definition) is 1. The number of nitrogens with one attached hydrogen (secondary N) is 1. The number of benzene rings is 1. The lowest BCUT2D eigenvalue weighted by Crippen LogP contribution is -2.35. The lowest BCUT2D eigenvalue weighted by molar-refractivity contribution is -0.129. The van der Waals surface area contributed by atoms with Crippen molar-refractivity contribution in [1.82, 2.24) is 10.2 Å².